The van der Waals surface area contributed by atoms with Crippen molar-refractivity contribution in [3.8, 4) is 0 Å². The lowest BCUT2D eigenvalue weighted by molar-refractivity contribution is -0.119. The Kier molecular flexibility index (Phi) is 6.38. The Balaban J connectivity index is 1.86. The third-order valence-corrected chi connectivity index (χ3v) is 3.66. The zero-order chi connectivity index (χ0) is 16.7. The Morgan fingerprint density at radius 3 is 2.74 bits per heavy atom. The van der Waals surface area contributed by atoms with Gasteiger partial charge in [-0.15, -0.1) is 0 Å². The van der Waals surface area contributed by atoms with Crippen LogP contribution < -0.4 is 10.7 Å². The highest BCUT2D eigenvalue weighted by Crippen LogP contribution is 2.20. The topological polar surface area (TPSA) is 66.4 Å². The van der Waals surface area contributed by atoms with Gasteiger partial charge in [0, 0.05) is 23.6 Å². The fourth-order valence-corrected chi connectivity index (χ4v) is 2.30. The molecule has 1 amide bonds. The van der Waals surface area contributed by atoms with E-state index < -0.39 is 0 Å². The molecule has 0 saturated heterocycles. The molecule has 1 heterocycles. The largest absolute Gasteiger partial charge is 0.376 e. The molecule has 0 fully saturated rings. The summed E-state index contributed by atoms with van der Waals surface area (Å²) in [5.41, 5.74) is 5.02. The number of hydrogen-bond acceptors (Lipinski definition) is 4. The molecule has 7 heteroatoms. The van der Waals surface area contributed by atoms with Gasteiger partial charge in [0.1, 0.15) is 0 Å². The Morgan fingerprint density at radius 1 is 1.30 bits per heavy atom. The number of nitrogens with zero attached hydrogens (tertiary/aromatic N) is 2. The summed E-state index contributed by atoms with van der Waals surface area (Å²) >= 11 is 11.9. The van der Waals surface area contributed by atoms with Crippen molar-refractivity contribution in [2.75, 3.05) is 11.9 Å². The van der Waals surface area contributed by atoms with Gasteiger partial charge in [-0.3, -0.25) is 9.78 Å². The summed E-state index contributed by atoms with van der Waals surface area (Å²) in [7, 11) is 0. The number of amides is 1. The molecule has 2 rings (SSSR count). The van der Waals surface area contributed by atoms with Gasteiger partial charge in [-0.1, -0.05) is 42.3 Å². The number of aromatic nitrogens is 1. The fourth-order valence-electron chi connectivity index (χ4n) is 1.84. The number of carbonyl (C=O) groups excluding carboxylic acids is 1. The van der Waals surface area contributed by atoms with E-state index in [4.69, 9.17) is 23.2 Å². The molecule has 2 aromatic rings. The average molecular weight is 351 g/mol. The molecule has 0 bridgehead atoms. The molecule has 5 nitrogen and oxygen atoms in total. The monoisotopic (exact) mass is 350 g/mol. The second-order valence-electron chi connectivity index (χ2n) is 4.72. The standard InChI is InChI=1S/C16H16Cl2N4O/c1-2-11-4-3-5-12(6-11)20-10-16(23)22-21-7-13-14(17)8-19-9-15(13)18/h3-9,20H,2,10H2,1H3,(H,22,23). The predicted octanol–water partition coefficient (Wildman–Crippen LogP) is 3.51. The summed E-state index contributed by atoms with van der Waals surface area (Å²) in [4.78, 5) is 15.6. The first-order valence-corrected chi connectivity index (χ1v) is 7.79. The molecule has 0 spiro atoms. The van der Waals surface area contributed by atoms with Gasteiger partial charge in [0.25, 0.3) is 5.91 Å². The van der Waals surface area contributed by atoms with Crippen LogP contribution in [0.4, 0.5) is 5.69 Å². The fraction of sp³-hybridized carbons (Fsp3) is 0.188. The highest BCUT2D eigenvalue weighted by atomic mass is 35.5. The Labute approximate surface area is 144 Å². The number of nitrogens with one attached hydrogen (secondary N) is 2. The second-order valence-corrected chi connectivity index (χ2v) is 5.53. The van der Waals surface area contributed by atoms with Crippen LogP contribution >= 0.6 is 23.2 Å². The molecule has 2 N–H and O–H groups in total. The van der Waals surface area contributed by atoms with E-state index in [1.54, 1.807) is 0 Å². The van der Waals surface area contributed by atoms with Crippen molar-refractivity contribution in [1.29, 1.82) is 0 Å². The number of benzene rings is 1. The first-order chi connectivity index (χ1) is 11.1. The van der Waals surface area contributed by atoms with E-state index in [1.807, 2.05) is 24.3 Å². The number of hydrazone groups is 1. The Hall–Kier alpha value is -2.11. The minimum atomic E-state index is -0.274. The molecule has 0 aliphatic carbocycles. The van der Waals surface area contributed by atoms with E-state index in [0.29, 0.717) is 15.6 Å². The van der Waals surface area contributed by atoms with Crippen molar-refractivity contribution in [2.24, 2.45) is 5.10 Å². The maximum Gasteiger partial charge on any atom is 0.259 e. The third kappa shape index (κ3) is 5.23. The van der Waals surface area contributed by atoms with Gasteiger partial charge in [-0.25, -0.2) is 5.43 Å². The molecule has 0 atom stereocenters. The third-order valence-electron chi connectivity index (χ3n) is 3.06. The van der Waals surface area contributed by atoms with Gasteiger partial charge in [0.05, 0.1) is 22.8 Å². The molecule has 0 aliphatic rings. The Morgan fingerprint density at radius 2 is 2.04 bits per heavy atom. The van der Waals surface area contributed by atoms with Crippen molar-refractivity contribution >= 4 is 41.0 Å². The van der Waals surface area contributed by atoms with Gasteiger partial charge < -0.3 is 5.32 Å². The van der Waals surface area contributed by atoms with Crippen LogP contribution in [0.15, 0.2) is 41.8 Å². The van der Waals surface area contributed by atoms with Gasteiger partial charge in [-0.2, -0.15) is 5.10 Å². The number of halogens is 2. The van der Waals surface area contributed by atoms with Gasteiger partial charge in [-0.05, 0) is 24.1 Å². The number of aryl methyl sites for hydroxylation is 1. The number of rotatable bonds is 6. The second kappa shape index (κ2) is 8.50. The number of pyridine rings is 1. The van der Waals surface area contributed by atoms with Crippen molar-refractivity contribution in [2.45, 2.75) is 13.3 Å². The van der Waals surface area contributed by atoms with E-state index >= 15 is 0 Å². The zero-order valence-corrected chi connectivity index (χ0v) is 14.0. The van der Waals surface area contributed by atoms with Crippen LogP contribution in [0, 0.1) is 0 Å². The van der Waals surface area contributed by atoms with Crippen LogP contribution in [0.25, 0.3) is 0 Å². The van der Waals surface area contributed by atoms with Crippen LogP contribution in [0.1, 0.15) is 18.1 Å². The minimum Gasteiger partial charge on any atom is -0.376 e. The van der Waals surface area contributed by atoms with Crippen molar-refractivity contribution in [1.82, 2.24) is 10.4 Å². The quantitative estimate of drug-likeness (QED) is 0.618. The first-order valence-electron chi connectivity index (χ1n) is 7.04. The lowest BCUT2D eigenvalue weighted by Crippen LogP contribution is -2.25. The maximum absolute atomic E-state index is 11.8. The van der Waals surface area contributed by atoms with Crippen LogP contribution in [0.5, 0.6) is 0 Å². The summed E-state index contributed by atoms with van der Waals surface area (Å²) in [6.45, 7) is 2.19. The summed E-state index contributed by atoms with van der Waals surface area (Å²) < 4.78 is 0. The van der Waals surface area contributed by atoms with Gasteiger partial charge >= 0.3 is 0 Å². The van der Waals surface area contributed by atoms with E-state index in [-0.39, 0.29) is 12.5 Å². The normalized spacial score (nSPS) is 10.7. The van der Waals surface area contributed by atoms with Gasteiger partial charge in [0.2, 0.25) is 0 Å². The van der Waals surface area contributed by atoms with E-state index in [0.717, 1.165) is 12.1 Å². The summed E-state index contributed by atoms with van der Waals surface area (Å²) in [5.74, 6) is -0.274. The lowest BCUT2D eigenvalue weighted by Gasteiger charge is -2.06. The highest BCUT2D eigenvalue weighted by Gasteiger charge is 2.04. The molecule has 0 aliphatic heterocycles. The van der Waals surface area contributed by atoms with Crippen molar-refractivity contribution in [3.05, 3.63) is 57.8 Å². The smallest absolute Gasteiger partial charge is 0.259 e. The summed E-state index contributed by atoms with van der Waals surface area (Å²) in [5, 5.41) is 7.62. The van der Waals surface area contributed by atoms with E-state index in [9.17, 15) is 4.79 Å². The minimum absolute atomic E-state index is 0.113. The zero-order valence-electron chi connectivity index (χ0n) is 12.5. The SMILES string of the molecule is CCc1cccc(NCC(=O)NN=Cc2c(Cl)cncc2Cl)c1. The van der Waals surface area contributed by atoms with Crippen LogP contribution in [0.3, 0.4) is 0 Å². The number of anilines is 1. The molecule has 1 aromatic carbocycles. The van der Waals surface area contributed by atoms with Crippen LogP contribution in [-0.4, -0.2) is 23.7 Å². The molecular weight excluding hydrogens is 335 g/mol. The first kappa shape index (κ1) is 17.2. The molecule has 0 radical (unpaired) electrons. The van der Waals surface area contributed by atoms with E-state index in [2.05, 4.69) is 27.8 Å². The van der Waals surface area contributed by atoms with Crippen molar-refractivity contribution < 1.29 is 4.79 Å². The van der Waals surface area contributed by atoms with Crippen LogP contribution in [-0.2, 0) is 11.2 Å². The predicted molar refractivity (Wildman–Crippen MR) is 94.3 cm³/mol. The van der Waals surface area contributed by atoms with Gasteiger partial charge in [0.15, 0.2) is 0 Å². The highest BCUT2D eigenvalue weighted by molar-refractivity contribution is 6.38. The Bertz CT molecular complexity index is 699. The molecule has 0 saturated carbocycles. The number of carbonyl (C=O) groups is 1. The average Bonchev–Trinajstić information content (AvgIpc) is 2.56. The number of hydrogen-bond donors (Lipinski definition) is 2. The van der Waals surface area contributed by atoms with Crippen molar-refractivity contribution in [3.63, 3.8) is 0 Å². The molecular formula is C16H16Cl2N4O. The van der Waals surface area contributed by atoms with E-state index in [1.165, 1.54) is 24.2 Å². The molecule has 120 valence electrons. The molecule has 23 heavy (non-hydrogen) atoms. The maximum atomic E-state index is 11.8. The lowest BCUT2D eigenvalue weighted by atomic mass is 10.1. The van der Waals surface area contributed by atoms with Crippen LogP contribution in [0.2, 0.25) is 10.0 Å². The summed E-state index contributed by atoms with van der Waals surface area (Å²) in [6.07, 6.45) is 5.25. The molecule has 1 aromatic heterocycles. The summed E-state index contributed by atoms with van der Waals surface area (Å²) in [6, 6.07) is 7.90. The molecule has 0 unspecified atom stereocenters.